The first-order valence-electron chi connectivity index (χ1n) is 5.38. The summed E-state index contributed by atoms with van der Waals surface area (Å²) in [5.74, 6) is 0.234. The van der Waals surface area contributed by atoms with Gasteiger partial charge in [0, 0.05) is 0 Å². The summed E-state index contributed by atoms with van der Waals surface area (Å²) in [5.41, 5.74) is 0.589. The van der Waals surface area contributed by atoms with Crippen molar-refractivity contribution in [2.75, 3.05) is 13.4 Å². The molecule has 18 heavy (non-hydrogen) atoms. The third-order valence-electron chi connectivity index (χ3n) is 2.73. The van der Waals surface area contributed by atoms with E-state index in [2.05, 4.69) is 4.98 Å². The molecular weight excluding hydrogens is 250 g/mol. The van der Waals surface area contributed by atoms with Crippen molar-refractivity contribution in [1.82, 2.24) is 4.98 Å². The summed E-state index contributed by atoms with van der Waals surface area (Å²) in [6.07, 6.45) is 1.82. The Kier molecular flexibility index (Phi) is 3.43. The molecule has 4 nitrogen and oxygen atoms in total. The number of hydrogen-bond donors (Lipinski definition) is 1. The minimum atomic E-state index is -0.280. The minimum absolute atomic E-state index is 0.194. The van der Waals surface area contributed by atoms with Crippen molar-refractivity contribution in [2.24, 2.45) is 0 Å². The van der Waals surface area contributed by atoms with Crippen molar-refractivity contribution < 1.29 is 9.53 Å². The van der Waals surface area contributed by atoms with Crippen molar-refractivity contribution in [1.29, 1.82) is 0 Å². The summed E-state index contributed by atoms with van der Waals surface area (Å²) >= 11 is 1.35. The van der Waals surface area contributed by atoms with Crippen LogP contribution in [0.2, 0.25) is 0 Å². The molecule has 5 heteroatoms. The molecule has 0 spiro atoms. The molecule has 2 rings (SSSR count). The number of H-pyrrole nitrogens is 1. The van der Waals surface area contributed by atoms with Gasteiger partial charge in [0.25, 0.3) is 0 Å². The number of ketones is 1. The number of Topliss-reactive ketones (excluding diaryl/α,β-unsaturated/α-hetero) is 1. The number of aromatic amines is 1. The van der Waals surface area contributed by atoms with Gasteiger partial charge in [0.05, 0.1) is 28.6 Å². The summed E-state index contributed by atoms with van der Waals surface area (Å²) in [4.78, 5) is 27.1. The predicted molar refractivity (Wildman–Crippen MR) is 72.9 cm³/mol. The van der Waals surface area contributed by atoms with E-state index in [-0.39, 0.29) is 16.8 Å². The van der Waals surface area contributed by atoms with E-state index in [4.69, 9.17) is 4.74 Å². The van der Waals surface area contributed by atoms with E-state index in [1.165, 1.54) is 25.8 Å². The fourth-order valence-electron chi connectivity index (χ4n) is 1.93. The average Bonchev–Trinajstić information content (AvgIpc) is 2.36. The first-order valence-corrected chi connectivity index (χ1v) is 6.60. The molecule has 1 aromatic heterocycles. The van der Waals surface area contributed by atoms with Crippen LogP contribution in [0, 0.1) is 0 Å². The molecule has 0 amide bonds. The number of carbonyl (C=O) groups excluding carboxylic acids is 1. The molecule has 0 atom stereocenters. The van der Waals surface area contributed by atoms with E-state index in [0.29, 0.717) is 21.7 Å². The zero-order valence-electron chi connectivity index (χ0n) is 10.4. The van der Waals surface area contributed by atoms with Gasteiger partial charge in [-0.25, -0.2) is 0 Å². The topological polar surface area (TPSA) is 59.2 Å². The van der Waals surface area contributed by atoms with Crippen LogP contribution in [0.4, 0.5) is 0 Å². The highest BCUT2D eigenvalue weighted by atomic mass is 32.2. The fourth-order valence-corrected chi connectivity index (χ4v) is 2.58. The number of nitrogens with one attached hydrogen (secondary N) is 1. The second kappa shape index (κ2) is 4.86. The number of thioether (sulfide) groups is 1. The summed E-state index contributed by atoms with van der Waals surface area (Å²) < 4.78 is 5.18. The Morgan fingerprint density at radius 2 is 2.11 bits per heavy atom. The van der Waals surface area contributed by atoms with Gasteiger partial charge in [-0.05, 0) is 25.3 Å². The first-order chi connectivity index (χ1) is 8.60. The van der Waals surface area contributed by atoms with Crippen LogP contribution in [-0.4, -0.2) is 24.1 Å². The van der Waals surface area contributed by atoms with Gasteiger partial charge < -0.3 is 9.72 Å². The molecule has 0 aliphatic rings. The van der Waals surface area contributed by atoms with E-state index in [0.717, 1.165) is 0 Å². The number of carbonyl (C=O) groups is 1. The molecule has 0 aliphatic heterocycles. The SMILES string of the molecule is COc1cccc2[nH]c(SC)c(C(C)=O)c(=O)c12. The lowest BCUT2D eigenvalue weighted by Gasteiger charge is -2.09. The fraction of sp³-hybridized carbons (Fsp3) is 0.231. The third kappa shape index (κ3) is 1.90. The van der Waals surface area contributed by atoms with Gasteiger partial charge in [-0.2, -0.15) is 0 Å². The van der Waals surface area contributed by atoms with Crippen LogP contribution in [0.5, 0.6) is 5.75 Å². The third-order valence-corrected chi connectivity index (χ3v) is 3.45. The number of ether oxygens (including phenoxy) is 1. The van der Waals surface area contributed by atoms with Crippen molar-refractivity contribution in [3.05, 3.63) is 34.0 Å². The Bertz CT molecular complexity index is 676. The monoisotopic (exact) mass is 263 g/mol. The molecule has 2 aromatic rings. The lowest BCUT2D eigenvalue weighted by Crippen LogP contribution is -2.16. The van der Waals surface area contributed by atoms with Crippen LogP contribution in [0.3, 0.4) is 0 Å². The summed E-state index contributed by atoms with van der Waals surface area (Å²) in [7, 11) is 1.50. The standard InChI is InChI=1S/C13H13NO3S/c1-7(15)10-12(16)11-8(14-13(10)18-3)5-4-6-9(11)17-2/h4-6H,1-3H3,(H,14,16). The van der Waals surface area contributed by atoms with Crippen molar-refractivity contribution >= 4 is 28.4 Å². The van der Waals surface area contributed by atoms with Crippen molar-refractivity contribution in [2.45, 2.75) is 11.9 Å². The van der Waals surface area contributed by atoms with Crippen LogP contribution in [0.15, 0.2) is 28.0 Å². The van der Waals surface area contributed by atoms with Gasteiger partial charge >= 0.3 is 0 Å². The zero-order valence-corrected chi connectivity index (χ0v) is 11.2. The summed E-state index contributed by atoms with van der Waals surface area (Å²) in [5, 5.41) is 1.01. The molecule has 1 heterocycles. The molecule has 1 aromatic carbocycles. The van der Waals surface area contributed by atoms with Gasteiger partial charge in [-0.1, -0.05) is 6.07 Å². The van der Waals surface area contributed by atoms with Gasteiger partial charge in [0.1, 0.15) is 5.75 Å². The number of rotatable bonds is 3. The molecule has 0 saturated heterocycles. The zero-order chi connectivity index (χ0) is 13.3. The van der Waals surface area contributed by atoms with E-state index in [1.54, 1.807) is 18.2 Å². The Morgan fingerprint density at radius 1 is 1.39 bits per heavy atom. The van der Waals surface area contributed by atoms with Crippen LogP contribution >= 0.6 is 11.8 Å². The number of benzene rings is 1. The Hall–Kier alpha value is -1.75. The van der Waals surface area contributed by atoms with Gasteiger partial charge in [0.2, 0.25) is 5.43 Å². The van der Waals surface area contributed by atoms with E-state index in [1.807, 2.05) is 6.26 Å². The highest BCUT2D eigenvalue weighted by Crippen LogP contribution is 2.25. The van der Waals surface area contributed by atoms with Gasteiger partial charge in [-0.3, -0.25) is 9.59 Å². The average molecular weight is 263 g/mol. The predicted octanol–water partition coefficient (Wildman–Crippen LogP) is 2.46. The molecule has 94 valence electrons. The molecule has 0 bridgehead atoms. The highest BCUT2D eigenvalue weighted by Gasteiger charge is 2.17. The van der Waals surface area contributed by atoms with Crippen molar-refractivity contribution in [3.63, 3.8) is 0 Å². The molecule has 0 aliphatic carbocycles. The number of aromatic nitrogens is 1. The minimum Gasteiger partial charge on any atom is -0.496 e. The normalized spacial score (nSPS) is 10.6. The molecule has 0 unspecified atom stereocenters. The Morgan fingerprint density at radius 3 is 2.67 bits per heavy atom. The van der Waals surface area contributed by atoms with E-state index < -0.39 is 0 Å². The van der Waals surface area contributed by atoms with Crippen LogP contribution in [-0.2, 0) is 0 Å². The number of methoxy groups -OCH3 is 1. The van der Waals surface area contributed by atoms with Crippen LogP contribution < -0.4 is 10.2 Å². The van der Waals surface area contributed by atoms with Gasteiger partial charge in [0.15, 0.2) is 5.78 Å². The Labute approximate surface area is 108 Å². The molecule has 0 saturated carbocycles. The van der Waals surface area contributed by atoms with Gasteiger partial charge in [-0.15, -0.1) is 11.8 Å². The maximum Gasteiger partial charge on any atom is 0.205 e. The quantitative estimate of drug-likeness (QED) is 0.682. The van der Waals surface area contributed by atoms with E-state index >= 15 is 0 Å². The molecule has 0 fully saturated rings. The second-order valence-corrected chi connectivity index (χ2v) is 4.62. The maximum absolute atomic E-state index is 12.4. The maximum atomic E-state index is 12.4. The smallest absolute Gasteiger partial charge is 0.205 e. The molecule has 1 N–H and O–H groups in total. The highest BCUT2D eigenvalue weighted by molar-refractivity contribution is 7.98. The van der Waals surface area contributed by atoms with Crippen LogP contribution in [0.25, 0.3) is 10.9 Å². The molecule has 0 radical (unpaired) electrons. The van der Waals surface area contributed by atoms with Crippen molar-refractivity contribution in [3.8, 4) is 5.75 Å². The molecular formula is C13H13NO3S. The number of hydrogen-bond acceptors (Lipinski definition) is 4. The largest absolute Gasteiger partial charge is 0.496 e. The Balaban J connectivity index is 2.97. The first kappa shape index (κ1) is 12.7. The van der Waals surface area contributed by atoms with E-state index in [9.17, 15) is 9.59 Å². The number of pyridine rings is 1. The van der Waals surface area contributed by atoms with Crippen LogP contribution in [0.1, 0.15) is 17.3 Å². The summed E-state index contributed by atoms with van der Waals surface area (Å²) in [6, 6.07) is 5.30. The second-order valence-electron chi connectivity index (χ2n) is 3.80. The lowest BCUT2D eigenvalue weighted by molar-refractivity contribution is 0.101. The summed E-state index contributed by atoms with van der Waals surface area (Å²) in [6.45, 7) is 1.39. The lowest BCUT2D eigenvalue weighted by atomic mass is 10.1. The number of fused-ring (bicyclic) bond motifs is 1.